The Kier molecular flexibility index (Phi) is 5.49. The molecule has 1 aromatic carbocycles. The third kappa shape index (κ3) is 3.29. The smallest absolute Gasteiger partial charge is 0.369 e. The highest BCUT2D eigenvalue weighted by Gasteiger charge is 2.49. The molecule has 0 bridgehead atoms. The molecule has 3 rings (SSSR count). The molecule has 2 aliphatic heterocycles. The zero-order chi connectivity index (χ0) is 18.7. The van der Waals surface area contributed by atoms with E-state index in [2.05, 4.69) is 54.0 Å². The molecule has 26 heavy (non-hydrogen) atoms. The van der Waals surface area contributed by atoms with Crippen molar-refractivity contribution in [3.8, 4) is 6.07 Å². The number of amides is 2. The lowest BCUT2D eigenvalue weighted by Gasteiger charge is -2.40. The lowest BCUT2D eigenvalue weighted by molar-refractivity contribution is -0.888. The van der Waals surface area contributed by atoms with Crippen LogP contribution in [0.4, 0.5) is 10.5 Å². The number of primary amides is 1. The number of quaternary nitrogens is 1. The van der Waals surface area contributed by atoms with Crippen molar-refractivity contribution >= 4 is 11.7 Å². The van der Waals surface area contributed by atoms with Gasteiger partial charge in [-0.1, -0.05) is 12.1 Å². The second-order valence-corrected chi connectivity index (χ2v) is 7.67. The summed E-state index contributed by atoms with van der Waals surface area (Å²) < 4.78 is 0.367. The number of carbonyl (C=O) groups is 1. The normalized spacial score (nSPS) is 27.9. The van der Waals surface area contributed by atoms with Crippen molar-refractivity contribution in [2.45, 2.75) is 38.8 Å². The molecular weight excluding hydrogens is 326 g/mol. The molecule has 2 fully saturated rings. The Morgan fingerprint density at radius 2 is 1.96 bits per heavy atom. The summed E-state index contributed by atoms with van der Waals surface area (Å²) in [6.45, 7) is 9.33. The van der Waals surface area contributed by atoms with Gasteiger partial charge >= 0.3 is 6.03 Å². The largest absolute Gasteiger partial charge is 0.414 e. The summed E-state index contributed by atoms with van der Waals surface area (Å²) in [6, 6.07) is 11.0. The zero-order valence-electron chi connectivity index (χ0n) is 15.9. The van der Waals surface area contributed by atoms with E-state index >= 15 is 0 Å². The molecule has 0 aromatic heterocycles. The fourth-order valence-electron chi connectivity index (χ4n) is 4.69. The number of nitriles is 1. The van der Waals surface area contributed by atoms with Crippen LogP contribution in [0.3, 0.4) is 0 Å². The van der Waals surface area contributed by atoms with Gasteiger partial charge in [0.05, 0.1) is 25.2 Å². The maximum Gasteiger partial charge on any atom is 0.414 e. The quantitative estimate of drug-likeness (QED) is 0.664. The van der Waals surface area contributed by atoms with E-state index < -0.39 is 0 Å². The van der Waals surface area contributed by atoms with E-state index in [0.717, 1.165) is 45.6 Å². The number of rotatable bonds is 4. The molecule has 6 nitrogen and oxygen atoms in total. The number of hydrogen-bond acceptors (Lipinski definition) is 4. The van der Waals surface area contributed by atoms with Gasteiger partial charge in [-0.15, -0.1) is 0 Å². The van der Waals surface area contributed by atoms with Crippen LogP contribution in [0.15, 0.2) is 24.3 Å². The Balaban J connectivity index is 1.72. The molecule has 0 radical (unpaired) electrons. The number of nitrogens with two attached hydrogens (primary N) is 1. The predicted molar refractivity (Wildman–Crippen MR) is 103 cm³/mol. The Hall–Kier alpha value is -2.10. The highest BCUT2D eigenvalue weighted by Crippen LogP contribution is 2.38. The Bertz CT molecular complexity index is 674. The summed E-state index contributed by atoms with van der Waals surface area (Å²) in [4.78, 5) is 16.8. The predicted octanol–water partition coefficient (Wildman–Crippen LogP) is 2.47. The molecule has 2 saturated heterocycles. The van der Waals surface area contributed by atoms with Crippen molar-refractivity contribution in [1.29, 1.82) is 5.26 Å². The van der Waals surface area contributed by atoms with Crippen LogP contribution in [-0.4, -0.2) is 60.7 Å². The highest BCUT2D eigenvalue weighted by atomic mass is 16.2. The maximum absolute atomic E-state index is 12.3. The van der Waals surface area contributed by atoms with Crippen LogP contribution in [0.2, 0.25) is 0 Å². The summed E-state index contributed by atoms with van der Waals surface area (Å²) in [5.41, 5.74) is 8.22. The summed E-state index contributed by atoms with van der Waals surface area (Å²) in [5, 5.41) is 8.81. The lowest BCUT2D eigenvalue weighted by Crippen LogP contribution is -2.58. The molecule has 1 aromatic rings. The number of piperazine rings is 1. The van der Waals surface area contributed by atoms with E-state index in [1.54, 1.807) is 0 Å². The fraction of sp³-hybridized carbons (Fsp3) is 0.600. The van der Waals surface area contributed by atoms with Gasteiger partial charge in [0.2, 0.25) is 0 Å². The number of benzene rings is 1. The van der Waals surface area contributed by atoms with Crippen molar-refractivity contribution < 1.29 is 9.28 Å². The van der Waals surface area contributed by atoms with Gasteiger partial charge in [-0.3, -0.25) is 4.90 Å². The first-order valence-electron chi connectivity index (χ1n) is 9.60. The van der Waals surface area contributed by atoms with Gasteiger partial charge in [-0.25, -0.2) is 9.28 Å². The number of anilines is 1. The maximum atomic E-state index is 12.3. The molecule has 2 N–H and O–H groups in total. The lowest BCUT2D eigenvalue weighted by atomic mass is 10.0. The SMILES string of the molecule is C[C@@H]1CCC[N+]1(C(N)=O)[C@H](C)c1ccc(N2CCN(CC#N)CC2)cc1. The molecule has 3 atom stereocenters. The van der Waals surface area contributed by atoms with Gasteiger partial charge in [0.25, 0.3) is 0 Å². The molecule has 0 saturated carbocycles. The van der Waals surface area contributed by atoms with Crippen LogP contribution >= 0.6 is 0 Å². The van der Waals surface area contributed by atoms with Gasteiger partial charge in [-0.2, -0.15) is 5.26 Å². The second kappa shape index (κ2) is 7.65. The van der Waals surface area contributed by atoms with Crippen molar-refractivity contribution in [2.24, 2.45) is 5.73 Å². The molecule has 2 amide bonds. The molecule has 0 aliphatic carbocycles. The molecule has 1 unspecified atom stereocenters. The van der Waals surface area contributed by atoms with Gasteiger partial charge in [0.15, 0.2) is 0 Å². The van der Waals surface area contributed by atoms with E-state index in [4.69, 9.17) is 11.0 Å². The van der Waals surface area contributed by atoms with E-state index in [1.807, 2.05) is 0 Å². The Labute approximate surface area is 156 Å². The van der Waals surface area contributed by atoms with Crippen LogP contribution < -0.4 is 10.6 Å². The first-order chi connectivity index (χ1) is 12.5. The van der Waals surface area contributed by atoms with E-state index in [0.29, 0.717) is 11.0 Å². The Morgan fingerprint density at radius 3 is 2.46 bits per heavy atom. The van der Waals surface area contributed by atoms with Crippen LogP contribution in [-0.2, 0) is 0 Å². The standard InChI is InChI=1S/C20H29N5O/c1-16-4-3-15-25(16,20(22)26)17(2)18-5-7-19(8-6-18)24-13-11-23(10-9-21)12-14-24/h5-8,16-17H,3-4,10-15H2,1-2H3,(H-,22,26)/p+1/t16-,17-,25?/m1/s1. The minimum atomic E-state index is -0.208. The average molecular weight is 356 g/mol. The number of hydrogen-bond donors (Lipinski definition) is 1. The van der Waals surface area contributed by atoms with Crippen LogP contribution in [0.5, 0.6) is 0 Å². The third-order valence-corrected chi connectivity index (χ3v) is 6.45. The number of urea groups is 1. The van der Waals surface area contributed by atoms with Crippen molar-refractivity contribution in [2.75, 3.05) is 44.2 Å². The zero-order valence-corrected chi connectivity index (χ0v) is 15.9. The van der Waals surface area contributed by atoms with Crippen molar-refractivity contribution in [3.05, 3.63) is 29.8 Å². The minimum absolute atomic E-state index is 0.0755. The highest BCUT2D eigenvalue weighted by molar-refractivity contribution is 5.65. The Morgan fingerprint density at radius 1 is 1.31 bits per heavy atom. The van der Waals surface area contributed by atoms with Gasteiger partial charge < -0.3 is 10.6 Å². The molecule has 2 heterocycles. The van der Waals surface area contributed by atoms with E-state index in [9.17, 15) is 4.79 Å². The van der Waals surface area contributed by atoms with Crippen molar-refractivity contribution in [1.82, 2.24) is 4.90 Å². The average Bonchev–Trinajstić information content (AvgIpc) is 3.05. The first-order valence-corrected chi connectivity index (χ1v) is 9.60. The minimum Gasteiger partial charge on any atom is -0.369 e. The second-order valence-electron chi connectivity index (χ2n) is 7.67. The van der Waals surface area contributed by atoms with Gasteiger partial charge in [-0.05, 0) is 26.0 Å². The molecule has 6 heteroatoms. The topological polar surface area (TPSA) is 73.4 Å². The van der Waals surface area contributed by atoms with Gasteiger partial charge in [0, 0.05) is 50.3 Å². The molecule has 140 valence electrons. The van der Waals surface area contributed by atoms with Crippen LogP contribution in [0.25, 0.3) is 0 Å². The van der Waals surface area contributed by atoms with Crippen molar-refractivity contribution in [3.63, 3.8) is 0 Å². The van der Waals surface area contributed by atoms with Gasteiger partial charge in [0.1, 0.15) is 6.04 Å². The molecular formula is C20H30N5O+. The summed E-state index contributed by atoms with van der Waals surface area (Å²) in [7, 11) is 0. The van der Waals surface area contributed by atoms with Crippen LogP contribution in [0.1, 0.15) is 38.3 Å². The third-order valence-electron chi connectivity index (χ3n) is 6.45. The summed E-state index contributed by atoms with van der Waals surface area (Å²) in [6.07, 6.45) is 2.11. The van der Waals surface area contributed by atoms with E-state index in [-0.39, 0.29) is 18.1 Å². The van der Waals surface area contributed by atoms with E-state index in [1.165, 1.54) is 11.3 Å². The summed E-state index contributed by atoms with van der Waals surface area (Å²) >= 11 is 0. The van der Waals surface area contributed by atoms with Crippen LogP contribution in [0, 0.1) is 11.3 Å². The number of likely N-dealkylation sites (tertiary alicyclic amines) is 1. The molecule has 0 spiro atoms. The molecule has 2 aliphatic rings. The monoisotopic (exact) mass is 356 g/mol. The first kappa shape index (κ1) is 18.7. The number of carbonyl (C=O) groups excluding carboxylic acids is 1. The fourth-order valence-corrected chi connectivity index (χ4v) is 4.69. The number of nitrogens with zero attached hydrogens (tertiary/aromatic N) is 4. The summed E-state index contributed by atoms with van der Waals surface area (Å²) in [5.74, 6) is 0.